The van der Waals surface area contributed by atoms with E-state index in [0.717, 1.165) is 17.9 Å². The zero-order chi connectivity index (χ0) is 9.38. The molecule has 1 atom stereocenters. The smallest absolute Gasteiger partial charge is 0.233 e. The number of epoxide rings is 1. The van der Waals surface area contributed by atoms with Crippen molar-refractivity contribution in [2.75, 3.05) is 13.2 Å². The molecule has 2 heterocycles. The summed E-state index contributed by atoms with van der Waals surface area (Å²) in [4.78, 5) is 0. The van der Waals surface area contributed by atoms with Crippen LogP contribution >= 0.6 is 11.5 Å². The molecule has 1 aromatic carbocycles. The molecule has 4 heteroatoms. The molecule has 3 nitrogen and oxygen atoms in total. The summed E-state index contributed by atoms with van der Waals surface area (Å²) in [7, 11) is 0. The van der Waals surface area contributed by atoms with E-state index >= 15 is 0 Å². The van der Waals surface area contributed by atoms with Crippen molar-refractivity contribution in [1.29, 1.82) is 0 Å². The molecule has 0 radical (unpaired) electrons. The van der Waals surface area contributed by atoms with Gasteiger partial charge in [-0.1, -0.05) is 12.1 Å². The van der Waals surface area contributed by atoms with Crippen LogP contribution in [0, 0.1) is 0 Å². The molecule has 1 aliphatic rings. The normalized spacial score (nSPS) is 19.9. The van der Waals surface area contributed by atoms with Crippen LogP contribution in [-0.2, 0) is 4.74 Å². The lowest BCUT2D eigenvalue weighted by atomic mass is 10.3. The molecule has 1 unspecified atom stereocenters. The molecule has 1 saturated heterocycles. The Bertz CT molecular complexity index is 450. The summed E-state index contributed by atoms with van der Waals surface area (Å²) in [5, 5.41) is 1.10. The van der Waals surface area contributed by atoms with Crippen LogP contribution in [0.25, 0.3) is 10.1 Å². The second-order valence-corrected chi connectivity index (χ2v) is 4.06. The number of hydrogen-bond donors (Lipinski definition) is 0. The van der Waals surface area contributed by atoms with E-state index < -0.39 is 0 Å². The first-order valence-electron chi connectivity index (χ1n) is 4.52. The van der Waals surface area contributed by atoms with Crippen LogP contribution in [0.5, 0.6) is 5.88 Å². The van der Waals surface area contributed by atoms with E-state index in [2.05, 4.69) is 4.37 Å². The summed E-state index contributed by atoms with van der Waals surface area (Å²) in [6.07, 6.45) is 0.287. The third-order valence-corrected chi connectivity index (χ3v) is 2.96. The number of benzene rings is 1. The van der Waals surface area contributed by atoms with Crippen molar-refractivity contribution >= 4 is 21.6 Å². The molecule has 0 amide bonds. The van der Waals surface area contributed by atoms with Gasteiger partial charge in [-0.05, 0) is 23.7 Å². The Morgan fingerprint density at radius 2 is 2.36 bits per heavy atom. The third-order valence-electron chi connectivity index (χ3n) is 2.15. The number of aromatic nitrogens is 1. The van der Waals surface area contributed by atoms with Crippen molar-refractivity contribution in [3.63, 3.8) is 0 Å². The van der Waals surface area contributed by atoms with Crippen LogP contribution in [0.2, 0.25) is 0 Å². The molecule has 2 aromatic rings. The molecule has 1 fully saturated rings. The van der Waals surface area contributed by atoms with Gasteiger partial charge < -0.3 is 9.47 Å². The van der Waals surface area contributed by atoms with E-state index in [9.17, 15) is 0 Å². The van der Waals surface area contributed by atoms with Gasteiger partial charge in [0.1, 0.15) is 12.7 Å². The molecular weight excluding hydrogens is 198 g/mol. The van der Waals surface area contributed by atoms with E-state index in [-0.39, 0.29) is 6.10 Å². The van der Waals surface area contributed by atoms with Gasteiger partial charge >= 0.3 is 0 Å². The predicted octanol–water partition coefficient (Wildman–Crippen LogP) is 2.07. The van der Waals surface area contributed by atoms with Crippen LogP contribution in [0.4, 0.5) is 0 Å². The highest BCUT2D eigenvalue weighted by Gasteiger charge is 2.23. The minimum absolute atomic E-state index is 0.287. The fourth-order valence-corrected chi connectivity index (χ4v) is 2.03. The van der Waals surface area contributed by atoms with Crippen molar-refractivity contribution in [3.8, 4) is 5.88 Å². The van der Waals surface area contributed by atoms with E-state index in [1.165, 1.54) is 16.2 Å². The quantitative estimate of drug-likeness (QED) is 0.723. The average molecular weight is 207 g/mol. The van der Waals surface area contributed by atoms with Crippen molar-refractivity contribution in [2.24, 2.45) is 0 Å². The molecule has 0 saturated carbocycles. The van der Waals surface area contributed by atoms with Crippen LogP contribution in [0.3, 0.4) is 0 Å². The van der Waals surface area contributed by atoms with Gasteiger partial charge in [-0.3, -0.25) is 0 Å². The molecule has 3 rings (SSSR count). The topological polar surface area (TPSA) is 34.6 Å². The van der Waals surface area contributed by atoms with Gasteiger partial charge in [-0.15, -0.1) is 0 Å². The first-order valence-corrected chi connectivity index (χ1v) is 5.29. The standard InChI is InChI=1S/C10H9NO2S/c1-2-4-9-8(3-1)10(11-14-9)13-6-7-5-12-7/h1-4,7H,5-6H2. The van der Waals surface area contributed by atoms with Gasteiger partial charge in [0.15, 0.2) is 0 Å². The number of rotatable bonds is 3. The Kier molecular flexibility index (Phi) is 1.89. The average Bonchev–Trinajstić information content (AvgIpc) is 2.96. The second-order valence-electron chi connectivity index (χ2n) is 3.25. The van der Waals surface area contributed by atoms with Gasteiger partial charge in [-0.25, -0.2) is 0 Å². The number of fused-ring (bicyclic) bond motifs is 1. The van der Waals surface area contributed by atoms with Crippen LogP contribution in [0.15, 0.2) is 24.3 Å². The van der Waals surface area contributed by atoms with E-state index in [0.29, 0.717) is 6.61 Å². The molecule has 0 N–H and O–H groups in total. The molecule has 0 aliphatic carbocycles. The highest BCUT2D eigenvalue weighted by Crippen LogP contribution is 2.28. The van der Waals surface area contributed by atoms with Gasteiger partial charge in [0.25, 0.3) is 0 Å². The lowest BCUT2D eigenvalue weighted by Gasteiger charge is -1.99. The second kappa shape index (κ2) is 3.22. The first kappa shape index (κ1) is 8.20. The third kappa shape index (κ3) is 1.47. The van der Waals surface area contributed by atoms with Gasteiger partial charge in [0, 0.05) is 0 Å². The highest BCUT2D eigenvalue weighted by molar-refractivity contribution is 7.13. The summed E-state index contributed by atoms with van der Waals surface area (Å²) in [5.41, 5.74) is 0. The summed E-state index contributed by atoms with van der Waals surface area (Å²) >= 11 is 1.47. The molecule has 1 aromatic heterocycles. The van der Waals surface area contributed by atoms with E-state index in [4.69, 9.17) is 9.47 Å². The van der Waals surface area contributed by atoms with Crippen molar-refractivity contribution in [2.45, 2.75) is 6.10 Å². The zero-order valence-corrected chi connectivity index (χ0v) is 8.29. The zero-order valence-electron chi connectivity index (χ0n) is 7.47. The Balaban J connectivity index is 1.87. The van der Waals surface area contributed by atoms with Crippen molar-refractivity contribution in [1.82, 2.24) is 4.37 Å². The van der Waals surface area contributed by atoms with Crippen molar-refractivity contribution < 1.29 is 9.47 Å². The highest BCUT2D eigenvalue weighted by atomic mass is 32.1. The largest absolute Gasteiger partial charge is 0.474 e. The van der Waals surface area contributed by atoms with E-state index in [1.807, 2.05) is 24.3 Å². The molecule has 0 bridgehead atoms. The minimum Gasteiger partial charge on any atom is -0.474 e. The van der Waals surface area contributed by atoms with Gasteiger partial charge in [0.05, 0.1) is 16.7 Å². The van der Waals surface area contributed by atoms with Crippen molar-refractivity contribution in [3.05, 3.63) is 24.3 Å². The number of hydrogen-bond acceptors (Lipinski definition) is 4. The monoisotopic (exact) mass is 207 g/mol. The maximum Gasteiger partial charge on any atom is 0.233 e. The maximum atomic E-state index is 5.56. The Hall–Kier alpha value is -1.13. The lowest BCUT2D eigenvalue weighted by molar-refractivity contribution is 0.259. The van der Waals surface area contributed by atoms with Crippen LogP contribution in [-0.4, -0.2) is 23.7 Å². The number of nitrogens with zero attached hydrogens (tertiary/aromatic N) is 1. The van der Waals surface area contributed by atoms with E-state index in [1.54, 1.807) is 0 Å². The fraction of sp³-hybridized carbons (Fsp3) is 0.300. The molecule has 1 aliphatic heterocycles. The van der Waals surface area contributed by atoms with Gasteiger partial charge in [-0.2, -0.15) is 4.37 Å². The van der Waals surface area contributed by atoms with Crippen LogP contribution in [0.1, 0.15) is 0 Å². The Morgan fingerprint density at radius 3 is 3.21 bits per heavy atom. The number of ether oxygens (including phenoxy) is 2. The summed E-state index contributed by atoms with van der Waals surface area (Å²) < 4.78 is 16.1. The fourth-order valence-electron chi connectivity index (χ4n) is 1.30. The summed E-state index contributed by atoms with van der Waals surface area (Å²) in [6, 6.07) is 8.08. The SMILES string of the molecule is c1ccc2c(OCC3CO3)nsc2c1. The lowest BCUT2D eigenvalue weighted by Crippen LogP contribution is -2.04. The molecular formula is C10H9NO2S. The first-order chi connectivity index (χ1) is 6.93. The van der Waals surface area contributed by atoms with Crippen LogP contribution < -0.4 is 4.74 Å². The molecule has 14 heavy (non-hydrogen) atoms. The minimum atomic E-state index is 0.287. The summed E-state index contributed by atoms with van der Waals surface area (Å²) in [5.74, 6) is 0.737. The Morgan fingerprint density at radius 1 is 1.50 bits per heavy atom. The molecule has 72 valence electrons. The molecule has 0 spiro atoms. The predicted molar refractivity (Wildman–Crippen MR) is 54.9 cm³/mol. The van der Waals surface area contributed by atoms with Gasteiger partial charge in [0.2, 0.25) is 5.88 Å². The maximum absolute atomic E-state index is 5.56. The summed E-state index contributed by atoms with van der Waals surface area (Å²) in [6.45, 7) is 1.44. The Labute approximate surface area is 85.4 Å².